The number of nitrogens with one attached hydrogen (secondary N) is 1. The van der Waals surface area contributed by atoms with Gasteiger partial charge in [0.15, 0.2) is 5.82 Å². The molecule has 2 rings (SSSR count). The summed E-state index contributed by atoms with van der Waals surface area (Å²) in [5.74, 6) is -0.143. The Bertz CT molecular complexity index is 650. The highest BCUT2D eigenvalue weighted by Gasteiger charge is 2.33. The fourth-order valence-electron chi connectivity index (χ4n) is 1.56. The number of aromatic nitrogens is 1. The number of rotatable bonds is 2. The average molecular weight is 285 g/mol. The van der Waals surface area contributed by atoms with Crippen LogP contribution >= 0.6 is 0 Å². The van der Waals surface area contributed by atoms with Crippen LogP contribution in [0.3, 0.4) is 0 Å². The molecule has 1 aromatic heterocycles. The third-order valence-electron chi connectivity index (χ3n) is 2.49. The van der Waals surface area contributed by atoms with Crippen LogP contribution in [0.15, 0.2) is 28.8 Å². The van der Waals surface area contributed by atoms with Crippen LogP contribution in [-0.4, -0.2) is 11.1 Å². The zero-order valence-electron chi connectivity index (χ0n) is 10.3. The predicted octanol–water partition coefficient (Wildman–Crippen LogP) is 2.84. The largest absolute Gasteiger partial charge is 0.418 e. The zero-order chi connectivity index (χ0) is 14.9. The molecule has 0 bridgehead atoms. The van der Waals surface area contributed by atoms with Gasteiger partial charge in [0.2, 0.25) is 0 Å². The normalized spacial score (nSPS) is 11.4. The topological polar surface area (TPSA) is 81.2 Å². The van der Waals surface area contributed by atoms with Gasteiger partial charge >= 0.3 is 6.18 Å². The number of nitrogens with two attached hydrogens (primary N) is 1. The lowest BCUT2D eigenvalue weighted by Crippen LogP contribution is -2.15. The Labute approximate surface area is 111 Å². The van der Waals surface area contributed by atoms with Gasteiger partial charge in [0, 0.05) is 17.3 Å². The van der Waals surface area contributed by atoms with Crippen LogP contribution in [0.4, 0.5) is 24.7 Å². The van der Waals surface area contributed by atoms with Crippen molar-refractivity contribution >= 4 is 17.4 Å². The monoisotopic (exact) mass is 285 g/mol. The van der Waals surface area contributed by atoms with E-state index in [9.17, 15) is 18.0 Å². The van der Waals surface area contributed by atoms with Crippen molar-refractivity contribution in [1.82, 2.24) is 5.16 Å². The van der Waals surface area contributed by atoms with Gasteiger partial charge in [0.25, 0.3) is 5.91 Å². The molecule has 5 nitrogen and oxygen atoms in total. The van der Waals surface area contributed by atoms with Crippen LogP contribution in [-0.2, 0) is 6.18 Å². The highest BCUT2D eigenvalue weighted by atomic mass is 19.4. The molecule has 1 amide bonds. The van der Waals surface area contributed by atoms with Gasteiger partial charge in [0.1, 0.15) is 5.76 Å². The lowest BCUT2D eigenvalue weighted by Gasteiger charge is -2.11. The molecule has 0 aliphatic rings. The number of benzene rings is 1. The number of nitrogens with zero attached hydrogens (tertiary/aromatic N) is 1. The van der Waals surface area contributed by atoms with Crippen LogP contribution in [0.2, 0.25) is 0 Å². The molecule has 0 aliphatic heterocycles. The Morgan fingerprint density at radius 2 is 2.05 bits per heavy atom. The second kappa shape index (κ2) is 4.87. The smallest absolute Gasteiger partial charge is 0.398 e. The summed E-state index contributed by atoms with van der Waals surface area (Å²) in [6.07, 6.45) is -4.62. The minimum atomic E-state index is -4.62. The first-order valence-corrected chi connectivity index (χ1v) is 5.49. The number of halogens is 3. The highest BCUT2D eigenvalue weighted by Crippen LogP contribution is 2.34. The van der Waals surface area contributed by atoms with Crippen LogP contribution < -0.4 is 11.1 Å². The Balaban J connectivity index is 2.27. The number of hydrogen-bond acceptors (Lipinski definition) is 4. The van der Waals surface area contributed by atoms with E-state index in [0.29, 0.717) is 11.8 Å². The molecule has 0 saturated heterocycles. The molecule has 0 saturated carbocycles. The summed E-state index contributed by atoms with van der Waals surface area (Å²) >= 11 is 0. The van der Waals surface area contributed by atoms with E-state index in [1.54, 1.807) is 6.92 Å². The molecule has 0 aliphatic carbocycles. The second-order valence-electron chi connectivity index (χ2n) is 4.08. The summed E-state index contributed by atoms with van der Waals surface area (Å²) in [7, 11) is 0. The maximum absolute atomic E-state index is 12.7. The van der Waals surface area contributed by atoms with Gasteiger partial charge in [-0.2, -0.15) is 13.2 Å². The Morgan fingerprint density at radius 3 is 2.60 bits per heavy atom. The summed E-state index contributed by atoms with van der Waals surface area (Å²) in [4.78, 5) is 11.8. The van der Waals surface area contributed by atoms with Crippen molar-refractivity contribution in [3.63, 3.8) is 0 Å². The van der Waals surface area contributed by atoms with Gasteiger partial charge in [0.05, 0.1) is 5.56 Å². The lowest BCUT2D eigenvalue weighted by molar-refractivity contribution is -0.136. The third kappa shape index (κ3) is 2.90. The van der Waals surface area contributed by atoms with Gasteiger partial charge in [-0.05, 0) is 25.1 Å². The molecule has 1 heterocycles. The molecular formula is C12H10F3N3O2. The number of nitrogen functional groups attached to an aromatic ring is 1. The summed E-state index contributed by atoms with van der Waals surface area (Å²) in [6.45, 7) is 1.62. The summed E-state index contributed by atoms with van der Waals surface area (Å²) in [5, 5.41) is 5.84. The standard InChI is InChI=1S/C12H10F3N3O2/c1-6-4-10(18-20-6)17-11(19)7-2-3-9(16)8(5-7)12(13,14)15/h2-5H,16H2,1H3,(H,17,18,19). The number of hydrogen-bond donors (Lipinski definition) is 2. The van der Waals surface area contributed by atoms with Crippen molar-refractivity contribution in [3.8, 4) is 0 Å². The van der Waals surface area contributed by atoms with E-state index in [1.165, 1.54) is 12.1 Å². The third-order valence-corrected chi connectivity index (χ3v) is 2.49. The van der Waals surface area contributed by atoms with Gasteiger partial charge in [-0.25, -0.2) is 0 Å². The van der Waals surface area contributed by atoms with E-state index in [4.69, 9.17) is 10.3 Å². The molecule has 106 valence electrons. The molecule has 0 unspecified atom stereocenters. The molecule has 8 heteroatoms. The fraction of sp³-hybridized carbons (Fsp3) is 0.167. The molecule has 0 atom stereocenters. The molecule has 3 N–H and O–H groups in total. The molecule has 0 spiro atoms. The minimum absolute atomic E-state index is 0.123. The van der Waals surface area contributed by atoms with E-state index in [-0.39, 0.29) is 11.4 Å². The van der Waals surface area contributed by atoms with Crippen molar-refractivity contribution in [2.24, 2.45) is 0 Å². The predicted molar refractivity (Wildman–Crippen MR) is 65.0 cm³/mol. The highest BCUT2D eigenvalue weighted by molar-refractivity contribution is 6.04. The Hall–Kier alpha value is -2.51. The van der Waals surface area contributed by atoms with E-state index in [2.05, 4.69) is 10.5 Å². The number of carbonyl (C=O) groups is 1. The quantitative estimate of drug-likeness (QED) is 0.831. The van der Waals surface area contributed by atoms with E-state index >= 15 is 0 Å². The van der Waals surface area contributed by atoms with E-state index in [1.807, 2.05) is 0 Å². The summed E-state index contributed by atoms with van der Waals surface area (Å²) in [5.41, 5.74) is 3.59. The van der Waals surface area contributed by atoms with Gasteiger partial charge in [-0.3, -0.25) is 4.79 Å². The van der Waals surface area contributed by atoms with Crippen molar-refractivity contribution < 1.29 is 22.5 Å². The average Bonchev–Trinajstić information content (AvgIpc) is 2.73. The van der Waals surface area contributed by atoms with Gasteiger partial charge < -0.3 is 15.6 Å². The first-order chi connectivity index (χ1) is 9.27. The van der Waals surface area contributed by atoms with Crippen LogP contribution in [0.5, 0.6) is 0 Å². The second-order valence-corrected chi connectivity index (χ2v) is 4.08. The molecule has 0 fully saturated rings. The number of anilines is 2. The van der Waals surface area contributed by atoms with E-state index < -0.39 is 23.3 Å². The number of aryl methyl sites for hydroxylation is 1. The van der Waals surface area contributed by atoms with Crippen LogP contribution in [0, 0.1) is 6.92 Å². The summed E-state index contributed by atoms with van der Waals surface area (Å²) < 4.78 is 42.8. The zero-order valence-corrected chi connectivity index (χ0v) is 10.3. The maximum atomic E-state index is 12.7. The molecule has 2 aromatic rings. The Kier molecular flexibility index (Phi) is 3.39. The summed E-state index contributed by atoms with van der Waals surface area (Å²) in [6, 6.07) is 4.37. The lowest BCUT2D eigenvalue weighted by atomic mass is 10.1. The maximum Gasteiger partial charge on any atom is 0.418 e. The first kappa shape index (κ1) is 13.9. The van der Waals surface area contributed by atoms with Gasteiger partial charge in [-0.1, -0.05) is 5.16 Å². The molecule has 20 heavy (non-hydrogen) atoms. The number of carbonyl (C=O) groups excluding carboxylic acids is 1. The van der Waals surface area contributed by atoms with Crippen LogP contribution in [0.25, 0.3) is 0 Å². The fourth-order valence-corrected chi connectivity index (χ4v) is 1.56. The minimum Gasteiger partial charge on any atom is -0.398 e. The Morgan fingerprint density at radius 1 is 1.35 bits per heavy atom. The first-order valence-electron chi connectivity index (χ1n) is 5.49. The SMILES string of the molecule is Cc1cc(NC(=O)c2ccc(N)c(C(F)(F)F)c2)no1. The molecular weight excluding hydrogens is 275 g/mol. The van der Waals surface area contributed by atoms with E-state index in [0.717, 1.165) is 6.07 Å². The number of amides is 1. The molecule has 1 aromatic carbocycles. The van der Waals surface area contributed by atoms with Crippen molar-refractivity contribution in [2.75, 3.05) is 11.1 Å². The van der Waals surface area contributed by atoms with Crippen molar-refractivity contribution in [1.29, 1.82) is 0 Å². The van der Waals surface area contributed by atoms with Crippen LogP contribution in [0.1, 0.15) is 21.7 Å². The van der Waals surface area contributed by atoms with Gasteiger partial charge in [-0.15, -0.1) is 0 Å². The van der Waals surface area contributed by atoms with Crippen molar-refractivity contribution in [2.45, 2.75) is 13.1 Å². The molecule has 0 radical (unpaired) electrons. The van der Waals surface area contributed by atoms with Crippen molar-refractivity contribution in [3.05, 3.63) is 41.2 Å². The number of alkyl halides is 3.